The van der Waals surface area contributed by atoms with Gasteiger partial charge in [0.1, 0.15) is 5.71 Å². The molecule has 0 aromatic heterocycles. The van der Waals surface area contributed by atoms with E-state index in [1.54, 1.807) is 36.0 Å². The first-order chi connectivity index (χ1) is 12.3. The molecule has 124 valence electrons. The zero-order chi connectivity index (χ0) is 17.5. The lowest BCUT2D eigenvalue weighted by atomic mass is 10.0. The molecule has 25 heavy (non-hydrogen) atoms. The van der Waals surface area contributed by atoms with Crippen LogP contribution in [0, 0.1) is 0 Å². The smallest absolute Gasteiger partial charge is 0.312 e. The SMILES string of the molecule is CSc1ccccc1/C(=N/OC(=O)c1ccccc1)c1ccccc1. The second-order valence-corrected chi connectivity index (χ2v) is 6.10. The fraction of sp³-hybridized carbons (Fsp3) is 0.0476. The third-order valence-electron chi connectivity index (χ3n) is 3.64. The van der Waals surface area contributed by atoms with Crippen LogP contribution in [0.1, 0.15) is 21.5 Å². The molecule has 0 aliphatic rings. The predicted molar refractivity (Wildman–Crippen MR) is 102 cm³/mol. The fourth-order valence-electron chi connectivity index (χ4n) is 2.41. The van der Waals surface area contributed by atoms with Crippen LogP contribution >= 0.6 is 11.8 Å². The number of benzene rings is 3. The molecule has 3 aromatic carbocycles. The summed E-state index contributed by atoms with van der Waals surface area (Å²) in [6, 6.07) is 26.5. The van der Waals surface area contributed by atoms with Crippen LogP contribution < -0.4 is 0 Å². The first kappa shape index (κ1) is 17.0. The highest BCUT2D eigenvalue weighted by Gasteiger charge is 2.14. The number of nitrogens with zero attached hydrogens (tertiary/aromatic N) is 1. The first-order valence-electron chi connectivity index (χ1n) is 7.83. The van der Waals surface area contributed by atoms with E-state index in [0.29, 0.717) is 11.3 Å². The van der Waals surface area contributed by atoms with Crippen molar-refractivity contribution >= 4 is 23.4 Å². The molecule has 0 fully saturated rings. The Morgan fingerprint density at radius 2 is 1.36 bits per heavy atom. The second-order valence-electron chi connectivity index (χ2n) is 5.25. The van der Waals surface area contributed by atoms with Crippen LogP contribution in [0.2, 0.25) is 0 Å². The van der Waals surface area contributed by atoms with Crippen LogP contribution in [-0.2, 0) is 4.84 Å². The van der Waals surface area contributed by atoms with Crippen molar-refractivity contribution in [3.8, 4) is 0 Å². The van der Waals surface area contributed by atoms with Crippen molar-refractivity contribution in [3.05, 3.63) is 102 Å². The summed E-state index contributed by atoms with van der Waals surface area (Å²) < 4.78 is 0. The molecule has 3 nitrogen and oxygen atoms in total. The largest absolute Gasteiger partial charge is 0.365 e. The molecule has 3 rings (SSSR count). The van der Waals surface area contributed by atoms with E-state index in [9.17, 15) is 4.79 Å². The van der Waals surface area contributed by atoms with Crippen molar-refractivity contribution in [2.24, 2.45) is 5.16 Å². The highest BCUT2D eigenvalue weighted by Crippen LogP contribution is 2.23. The molecule has 0 unspecified atom stereocenters. The van der Waals surface area contributed by atoms with Gasteiger partial charge in [0.25, 0.3) is 0 Å². The minimum Gasteiger partial charge on any atom is -0.312 e. The van der Waals surface area contributed by atoms with E-state index >= 15 is 0 Å². The van der Waals surface area contributed by atoms with Gasteiger partial charge in [-0.3, -0.25) is 0 Å². The van der Waals surface area contributed by atoms with Crippen LogP contribution in [0.3, 0.4) is 0 Å². The van der Waals surface area contributed by atoms with Crippen molar-refractivity contribution in [3.63, 3.8) is 0 Å². The monoisotopic (exact) mass is 347 g/mol. The molecule has 0 bridgehead atoms. The lowest BCUT2D eigenvalue weighted by molar-refractivity contribution is 0.0517. The average molecular weight is 347 g/mol. The van der Waals surface area contributed by atoms with Crippen LogP contribution in [0.4, 0.5) is 0 Å². The maximum Gasteiger partial charge on any atom is 0.365 e. The Hall–Kier alpha value is -2.85. The van der Waals surface area contributed by atoms with Gasteiger partial charge >= 0.3 is 5.97 Å². The lowest BCUT2D eigenvalue weighted by Crippen LogP contribution is -2.09. The molecule has 0 N–H and O–H groups in total. The Balaban J connectivity index is 1.98. The molecule has 0 aliphatic carbocycles. The minimum atomic E-state index is -0.476. The summed E-state index contributed by atoms with van der Waals surface area (Å²) in [5, 5.41) is 4.20. The summed E-state index contributed by atoms with van der Waals surface area (Å²) in [5.74, 6) is -0.476. The van der Waals surface area contributed by atoms with Crippen LogP contribution in [0.25, 0.3) is 0 Å². The van der Waals surface area contributed by atoms with Crippen LogP contribution in [0.5, 0.6) is 0 Å². The van der Waals surface area contributed by atoms with E-state index in [0.717, 1.165) is 16.0 Å². The molecule has 0 spiro atoms. The normalized spacial score (nSPS) is 11.2. The maximum absolute atomic E-state index is 12.2. The maximum atomic E-state index is 12.2. The number of oxime groups is 1. The van der Waals surface area contributed by atoms with Crippen molar-refractivity contribution in [2.75, 3.05) is 6.26 Å². The molecule has 0 atom stereocenters. The Kier molecular flexibility index (Phi) is 5.65. The van der Waals surface area contributed by atoms with Gasteiger partial charge < -0.3 is 4.84 Å². The van der Waals surface area contributed by atoms with Crippen molar-refractivity contribution in [1.82, 2.24) is 0 Å². The Labute approximate surface area is 151 Å². The molecule has 4 heteroatoms. The van der Waals surface area contributed by atoms with Gasteiger partial charge in [0.05, 0.1) is 5.56 Å². The van der Waals surface area contributed by atoms with Crippen molar-refractivity contribution in [2.45, 2.75) is 4.90 Å². The van der Waals surface area contributed by atoms with Gasteiger partial charge in [0, 0.05) is 16.0 Å². The van der Waals surface area contributed by atoms with E-state index in [1.807, 2.05) is 66.9 Å². The number of hydrogen-bond donors (Lipinski definition) is 0. The summed E-state index contributed by atoms with van der Waals surface area (Å²) in [4.78, 5) is 18.5. The quantitative estimate of drug-likeness (QED) is 0.282. The zero-order valence-electron chi connectivity index (χ0n) is 13.8. The van der Waals surface area contributed by atoms with E-state index in [4.69, 9.17) is 4.84 Å². The van der Waals surface area contributed by atoms with Gasteiger partial charge in [-0.1, -0.05) is 71.9 Å². The Morgan fingerprint density at radius 3 is 2.00 bits per heavy atom. The molecular weight excluding hydrogens is 330 g/mol. The van der Waals surface area contributed by atoms with Gasteiger partial charge in [0.15, 0.2) is 0 Å². The van der Waals surface area contributed by atoms with Crippen LogP contribution in [-0.4, -0.2) is 17.9 Å². The highest BCUT2D eigenvalue weighted by molar-refractivity contribution is 7.98. The topological polar surface area (TPSA) is 38.7 Å². The second kappa shape index (κ2) is 8.31. The predicted octanol–water partition coefficient (Wildman–Crippen LogP) is 5.02. The molecule has 0 aliphatic heterocycles. The van der Waals surface area contributed by atoms with Gasteiger partial charge in [-0.25, -0.2) is 4.79 Å². The molecule has 0 radical (unpaired) electrons. The van der Waals surface area contributed by atoms with E-state index in [1.165, 1.54) is 0 Å². The minimum absolute atomic E-state index is 0.469. The van der Waals surface area contributed by atoms with Gasteiger partial charge in [-0.2, -0.15) is 0 Å². The molecule has 0 saturated carbocycles. The number of rotatable bonds is 5. The number of carbonyl (C=O) groups excluding carboxylic acids is 1. The summed E-state index contributed by atoms with van der Waals surface area (Å²) in [6.07, 6.45) is 2.01. The Bertz CT molecular complexity index is 877. The molecule has 0 heterocycles. The van der Waals surface area contributed by atoms with Crippen molar-refractivity contribution < 1.29 is 9.63 Å². The number of thioether (sulfide) groups is 1. The van der Waals surface area contributed by atoms with Crippen molar-refractivity contribution in [1.29, 1.82) is 0 Å². The average Bonchev–Trinajstić information content (AvgIpc) is 2.70. The van der Waals surface area contributed by atoms with Gasteiger partial charge in [-0.05, 0) is 24.5 Å². The third kappa shape index (κ3) is 4.17. The van der Waals surface area contributed by atoms with E-state index < -0.39 is 5.97 Å². The van der Waals surface area contributed by atoms with E-state index in [-0.39, 0.29) is 0 Å². The molecular formula is C21H17NO2S. The fourth-order valence-corrected chi connectivity index (χ4v) is 3.01. The number of hydrogen-bond acceptors (Lipinski definition) is 4. The standard InChI is InChI=1S/C21H17NO2S/c1-25-19-15-9-8-14-18(19)20(16-10-4-2-5-11-16)22-24-21(23)17-12-6-3-7-13-17/h2-15H,1H3/b22-20+. The summed E-state index contributed by atoms with van der Waals surface area (Å²) in [6.45, 7) is 0. The third-order valence-corrected chi connectivity index (χ3v) is 4.43. The van der Waals surface area contributed by atoms with Gasteiger partial charge in [-0.15, -0.1) is 11.8 Å². The lowest BCUT2D eigenvalue weighted by Gasteiger charge is -2.10. The van der Waals surface area contributed by atoms with E-state index in [2.05, 4.69) is 5.16 Å². The molecule has 0 amide bonds. The molecule has 0 saturated heterocycles. The molecule has 3 aromatic rings. The highest BCUT2D eigenvalue weighted by atomic mass is 32.2. The zero-order valence-corrected chi connectivity index (χ0v) is 14.6. The summed E-state index contributed by atoms with van der Waals surface area (Å²) in [5.41, 5.74) is 2.93. The summed E-state index contributed by atoms with van der Waals surface area (Å²) >= 11 is 1.63. The number of carbonyl (C=O) groups is 1. The van der Waals surface area contributed by atoms with Crippen LogP contribution in [0.15, 0.2) is 95.0 Å². The van der Waals surface area contributed by atoms with Gasteiger partial charge in [0.2, 0.25) is 0 Å². The summed E-state index contributed by atoms with van der Waals surface area (Å²) in [7, 11) is 0. The first-order valence-corrected chi connectivity index (χ1v) is 9.05. The Morgan fingerprint density at radius 1 is 0.800 bits per heavy atom.